The molecule has 1 aliphatic carbocycles. The number of amides is 1. The number of hydrogen-bond acceptors (Lipinski definition) is 4. The minimum absolute atomic E-state index is 0.161. The summed E-state index contributed by atoms with van der Waals surface area (Å²) in [5.74, 6) is 1.59. The largest absolute Gasteiger partial charge is 0.474 e. The van der Waals surface area contributed by atoms with Gasteiger partial charge in [-0.1, -0.05) is 19.3 Å². The van der Waals surface area contributed by atoms with Crippen LogP contribution < -0.4 is 4.74 Å². The second-order valence-electron chi connectivity index (χ2n) is 6.45. The fourth-order valence-electron chi connectivity index (χ4n) is 3.51. The van der Waals surface area contributed by atoms with Gasteiger partial charge in [0, 0.05) is 44.6 Å². The third kappa shape index (κ3) is 4.18. The van der Waals surface area contributed by atoms with E-state index in [9.17, 15) is 4.79 Å². The van der Waals surface area contributed by atoms with Gasteiger partial charge >= 0.3 is 0 Å². The minimum atomic E-state index is 0.161. The molecule has 3 rings (SSSR count). The van der Waals surface area contributed by atoms with Crippen molar-refractivity contribution in [1.29, 1.82) is 0 Å². The molecule has 22 heavy (non-hydrogen) atoms. The zero-order valence-corrected chi connectivity index (χ0v) is 13.1. The highest BCUT2D eigenvalue weighted by Gasteiger charge is 2.26. The summed E-state index contributed by atoms with van der Waals surface area (Å²) in [6, 6.07) is 1.78. The summed E-state index contributed by atoms with van der Waals surface area (Å²) in [6.45, 7) is 1.61. The summed E-state index contributed by atoms with van der Waals surface area (Å²) in [5, 5.41) is 0. The smallest absolute Gasteiger partial charge is 0.222 e. The highest BCUT2D eigenvalue weighted by atomic mass is 16.5. The van der Waals surface area contributed by atoms with E-state index in [0.717, 1.165) is 32.4 Å². The fourth-order valence-corrected chi connectivity index (χ4v) is 3.51. The van der Waals surface area contributed by atoms with E-state index in [-0.39, 0.29) is 6.10 Å². The monoisotopic (exact) mass is 303 g/mol. The van der Waals surface area contributed by atoms with Crippen molar-refractivity contribution in [3.05, 3.63) is 18.6 Å². The standard InChI is InChI=1S/C17H25N3O2/c21-17(12-14-4-2-1-3-5-14)20-10-7-15(8-11-20)22-16-6-9-18-13-19-16/h6,9,13-15H,1-5,7-8,10-12H2. The van der Waals surface area contributed by atoms with Crippen molar-refractivity contribution in [2.24, 2.45) is 5.92 Å². The molecule has 0 unspecified atom stereocenters. The molecule has 1 saturated heterocycles. The average molecular weight is 303 g/mol. The molecule has 0 bridgehead atoms. The zero-order valence-electron chi connectivity index (χ0n) is 13.1. The maximum Gasteiger partial charge on any atom is 0.222 e. The maximum absolute atomic E-state index is 12.4. The second-order valence-corrected chi connectivity index (χ2v) is 6.45. The highest BCUT2D eigenvalue weighted by molar-refractivity contribution is 5.76. The predicted octanol–water partition coefficient (Wildman–Crippen LogP) is 2.82. The van der Waals surface area contributed by atoms with Crippen LogP contribution in [0.1, 0.15) is 51.4 Å². The Kier molecular flexibility index (Phi) is 5.24. The van der Waals surface area contributed by atoms with Gasteiger partial charge in [0.2, 0.25) is 11.8 Å². The van der Waals surface area contributed by atoms with Crippen molar-refractivity contribution >= 4 is 5.91 Å². The number of carbonyl (C=O) groups is 1. The van der Waals surface area contributed by atoms with Crippen LogP contribution in [0.3, 0.4) is 0 Å². The van der Waals surface area contributed by atoms with Crippen molar-refractivity contribution in [1.82, 2.24) is 14.9 Å². The van der Waals surface area contributed by atoms with Crippen LogP contribution >= 0.6 is 0 Å². The summed E-state index contributed by atoms with van der Waals surface area (Å²) < 4.78 is 5.84. The van der Waals surface area contributed by atoms with Crippen LogP contribution in [0.15, 0.2) is 18.6 Å². The van der Waals surface area contributed by atoms with Crippen LogP contribution in [0, 0.1) is 5.92 Å². The number of hydrogen-bond donors (Lipinski definition) is 0. The van der Waals surface area contributed by atoms with Gasteiger partial charge < -0.3 is 9.64 Å². The molecule has 0 radical (unpaired) electrons. The molecule has 1 aromatic heterocycles. The Balaban J connectivity index is 1.42. The summed E-state index contributed by atoms with van der Waals surface area (Å²) in [4.78, 5) is 22.4. The van der Waals surface area contributed by atoms with Gasteiger partial charge in [0.15, 0.2) is 0 Å². The molecule has 2 aliphatic rings. The van der Waals surface area contributed by atoms with Gasteiger partial charge in [0.05, 0.1) is 0 Å². The van der Waals surface area contributed by atoms with Crippen LogP contribution in [0.5, 0.6) is 5.88 Å². The van der Waals surface area contributed by atoms with E-state index in [0.29, 0.717) is 17.7 Å². The van der Waals surface area contributed by atoms with Crippen molar-refractivity contribution in [3.8, 4) is 5.88 Å². The molecule has 2 heterocycles. The van der Waals surface area contributed by atoms with Crippen LogP contribution in [0.4, 0.5) is 0 Å². The topological polar surface area (TPSA) is 55.3 Å². The van der Waals surface area contributed by atoms with Crippen molar-refractivity contribution in [2.75, 3.05) is 13.1 Å². The van der Waals surface area contributed by atoms with Crippen LogP contribution in [0.2, 0.25) is 0 Å². The zero-order chi connectivity index (χ0) is 15.2. The average Bonchev–Trinajstić information content (AvgIpc) is 2.57. The van der Waals surface area contributed by atoms with E-state index < -0.39 is 0 Å². The summed E-state index contributed by atoms with van der Waals surface area (Å²) >= 11 is 0. The lowest BCUT2D eigenvalue weighted by atomic mass is 9.86. The van der Waals surface area contributed by atoms with Gasteiger partial charge in [0.1, 0.15) is 12.4 Å². The molecule has 5 heteroatoms. The number of nitrogens with zero attached hydrogens (tertiary/aromatic N) is 3. The predicted molar refractivity (Wildman–Crippen MR) is 83.5 cm³/mol. The molecule has 0 spiro atoms. The first kappa shape index (κ1) is 15.3. The van der Waals surface area contributed by atoms with Gasteiger partial charge in [-0.15, -0.1) is 0 Å². The lowest BCUT2D eigenvalue weighted by Gasteiger charge is -2.33. The lowest BCUT2D eigenvalue weighted by molar-refractivity contribution is -0.134. The lowest BCUT2D eigenvalue weighted by Crippen LogP contribution is -2.42. The van der Waals surface area contributed by atoms with Gasteiger partial charge in [0.25, 0.3) is 0 Å². The minimum Gasteiger partial charge on any atom is -0.474 e. The number of rotatable bonds is 4. The van der Waals surface area contributed by atoms with Gasteiger partial charge in [-0.2, -0.15) is 0 Å². The number of carbonyl (C=O) groups excluding carboxylic acids is 1. The molecule has 0 aromatic carbocycles. The van der Waals surface area contributed by atoms with Crippen molar-refractivity contribution in [2.45, 2.75) is 57.5 Å². The molecule has 0 atom stereocenters. The number of aromatic nitrogens is 2. The van der Waals surface area contributed by atoms with E-state index in [4.69, 9.17) is 4.74 Å². The van der Waals surface area contributed by atoms with Gasteiger partial charge in [-0.25, -0.2) is 9.97 Å². The SMILES string of the molecule is O=C(CC1CCCCC1)N1CCC(Oc2ccncn2)CC1. The Morgan fingerprint density at radius 2 is 1.95 bits per heavy atom. The van der Waals surface area contributed by atoms with Crippen molar-refractivity contribution < 1.29 is 9.53 Å². The summed E-state index contributed by atoms with van der Waals surface area (Å²) in [6.07, 6.45) is 12.3. The van der Waals surface area contributed by atoms with Crippen molar-refractivity contribution in [3.63, 3.8) is 0 Å². The van der Waals surface area contributed by atoms with Gasteiger partial charge in [-0.3, -0.25) is 4.79 Å². The molecule has 1 saturated carbocycles. The van der Waals surface area contributed by atoms with E-state index in [1.165, 1.54) is 38.4 Å². The third-order valence-corrected chi connectivity index (χ3v) is 4.82. The Bertz CT molecular complexity index is 466. The first-order valence-corrected chi connectivity index (χ1v) is 8.52. The summed E-state index contributed by atoms with van der Waals surface area (Å²) in [7, 11) is 0. The van der Waals surface area contributed by atoms with Crippen LogP contribution in [-0.2, 0) is 4.79 Å². The van der Waals surface area contributed by atoms with Gasteiger partial charge in [-0.05, 0) is 18.8 Å². The molecule has 2 fully saturated rings. The quantitative estimate of drug-likeness (QED) is 0.858. The molecule has 1 amide bonds. The Morgan fingerprint density at radius 3 is 2.64 bits per heavy atom. The molecule has 1 aromatic rings. The second kappa shape index (κ2) is 7.56. The van der Waals surface area contributed by atoms with E-state index >= 15 is 0 Å². The molecular formula is C17H25N3O2. The Morgan fingerprint density at radius 1 is 1.18 bits per heavy atom. The Hall–Kier alpha value is -1.65. The van der Waals surface area contributed by atoms with Crippen LogP contribution in [0.25, 0.3) is 0 Å². The van der Waals surface area contributed by atoms with E-state index in [2.05, 4.69) is 9.97 Å². The molecule has 1 aliphatic heterocycles. The number of piperidine rings is 1. The fraction of sp³-hybridized carbons (Fsp3) is 0.706. The highest BCUT2D eigenvalue weighted by Crippen LogP contribution is 2.27. The molecule has 120 valence electrons. The van der Waals surface area contributed by atoms with Crippen LogP contribution in [-0.4, -0.2) is 40.0 Å². The summed E-state index contributed by atoms with van der Waals surface area (Å²) in [5.41, 5.74) is 0. The maximum atomic E-state index is 12.4. The van der Waals surface area contributed by atoms with E-state index in [1.54, 1.807) is 12.3 Å². The number of likely N-dealkylation sites (tertiary alicyclic amines) is 1. The van der Waals surface area contributed by atoms with E-state index in [1.807, 2.05) is 4.90 Å². The first-order chi connectivity index (χ1) is 10.8. The number of ether oxygens (including phenoxy) is 1. The molecule has 5 nitrogen and oxygen atoms in total. The third-order valence-electron chi connectivity index (χ3n) is 4.82. The normalized spacial score (nSPS) is 20.8. The molecule has 0 N–H and O–H groups in total. The molecular weight excluding hydrogens is 278 g/mol. The first-order valence-electron chi connectivity index (χ1n) is 8.52. The Labute approximate surface area is 132 Å².